The van der Waals surface area contributed by atoms with Gasteiger partial charge < -0.3 is 10.2 Å². The van der Waals surface area contributed by atoms with E-state index in [1.165, 1.54) is 136 Å². The van der Waals surface area contributed by atoms with E-state index in [0.29, 0.717) is 35.2 Å². The summed E-state index contributed by atoms with van der Waals surface area (Å²) < 4.78 is 0. The fourth-order valence-corrected chi connectivity index (χ4v) is 9.94. The molecular weight excluding hydrogens is 524 g/mol. The molecule has 2 aromatic carbocycles. The predicted molar refractivity (Wildman–Crippen MR) is 181 cm³/mol. The van der Waals surface area contributed by atoms with Gasteiger partial charge in [-0.1, -0.05) is 115 Å². The molecule has 2 N–H and O–H groups in total. The summed E-state index contributed by atoms with van der Waals surface area (Å²) in [6.45, 7) is 4.65. The molecule has 0 radical (unpaired) electrons. The first kappa shape index (κ1) is 31.0. The van der Waals surface area contributed by atoms with Crippen LogP contribution in [0.5, 0.6) is 11.5 Å². The molecule has 236 valence electrons. The number of rotatable bonds is 12. The molecule has 43 heavy (non-hydrogen) atoms. The first-order valence-corrected chi connectivity index (χ1v) is 18.8. The summed E-state index contributed by atoms with van der Waals surface area (Å²) in [5.74, 6) is 3.33. The highest BCUT2D eigenvalue weighted by molar-refractivity contribution is 5.58. The Balaban J connectivity index is 1.59. The summed E-state index contributed by atoms with van der Waals surface area (Å²) >= 11 is 0. The lowest BCUT2D eigenvalue weighted by molar-refractivity contribution is 0.373. The van der Waals surface area contributed by atoms with Gasteiger partial charge in [0.25, 0.3) is 0 Å². The van der Waals surface area contributed by atoms with Crippen LogP contribution in [0.2, 0.25) is 0 Å². The molecule has 0 aliphatic heterocycles. The minimum absolute atomic E-state index is 0.216. The quantitative estimate of drug-likeness (QED) is 0.260. The lowest BCUT2D eigenvalue weighted by Gasteiger charge is -2.39. The molecule has 2 heteroatoms. The molecule has 0 saturated heterocycles. The third-order valence-electron chi connectivity index (χ3n) is 12.5. The van der Waals surface area contributed by atoms with Gasteiger partial charge in [-0.2, -0.15) is 0 Å². The molecule has 0 bridgehead atoms. The van der Waals surface area contributed by atoms with Crippen molar-refractivity contribution < 1.29 is 10.2 Å². The van der Waals surface area contributed by atoms with Crippen LogP contribution < -0.4 is 0 Å². The van der Waals surface area contributed by atoms with Crippen LogP contribution in [0.4, 0.5) is 0 Å². The van der Waals surface area contributed by atoms with Gasteiger partial charge in [0.2, 0.25) is 0 Å². The third-order valence-corrected chi connectivity index (χ3v) is 12.5. The van der Waals surface area contributed by atoms with E-state index >= 15 is 0 Å². The number of aromatic hydroxyl groups is 2. The van der Waals surface area contributed by atoms with E-state index in [-0.39, 0.29) is 5.41 Å². The summed E-state index contributed by atoms with van der Waals surface area (Å²) in [7, 11) is 0. The Kier molecular flexibility index (Phi) is 10.1. The summed E-state index contributed by atoms with van der Waals surface area (Å²) in [5, 5.41) is 24.4. The van der Waals surface area contributed by atoms with Gasteiger partial charge in [0.15, 0.2) is 0 Å². The van der Waals surface area contributed by atoms with Crippen molar-refractivity contribution in [2.24, 2.45) is 0 Å². The lowest BCUT2D eigenvalue weighted by atomic mass is 9.65. The molecule has 0 atom stereocenters. The topological polar surface area (TPSA) is 40.5 Å². The summed E-state index contributed by atoms with van der Waals surface area (Å²) in [6.07, 6.45) is 27.0. The highest BCUT2D eigenvalue weighted by atomic mass is 16.3. The number of phenolic OH excluding ortho intramolecular Hbond substituents is 2. The first-order valence-electron chi connectivity index (χ1n) is 18.8. The second kappa shape index (κ2) is 14.0. The fraction of sp³-hybridized carbons (Fsp3) is 0.707. The van der Waals surface area contributed by atoms with E-state index in [2.05, 4.69) is 38.1 Å². The smallest absolute Gasteiger partial charge is 0.123 e. The Morgan fingerprint density at radius 2 is 0.930 bits per heavy atom. The van der Waals surface area contributed by atoms with Crippen LogP contribution in [-0.2, 0) is 5.41 Å². The molecule has 4 aliphatic rings. The van der Waals surface area contributed by atoms with Crippen LogP contribution in [-0.4, -0.2) is 10.2 Å². The van der Waals surface area contributed by atoms with Crippen molar-refractivity contribution in [3.05, 3.63) is 57.6 Å². The van der Waals surface area contributed by atoms with Gasteiger partial charge in [-0.05, 0) is 116 Å². The number of hydrogen-bond donors (Lipinski definition) is 2. The molecule has 0 spiro atoms. The first-order chi connectivity index (χ1) is 21.1. The molecule has 0 amide bonds. The largest absolute Gasteiger partial charge is 0.507 e. The van der Waals surface area contributed by atoms with Gasteiger partial charge in [0.05, 0.1) is 0 Å². The van der Waals surface area contributed by atoms with E-state index in [4.69, 9.17) is 0 Å². The van der Waals surface area contributed by atoms with Crippen molar-refractivity contribution in [3.8, 4) is 11.5 Å². The maximum absolute atomic E-state index is 12.5. The summed E-state index contributed by atoms with van der Waals surface area (Å²) in [6, 6.07) is 9.89. The van der Waals surface area contributed by atoms with Gasteiger partial charge in [-0.3, -0.25) is 0 Å². The molecule has 4 aliphatic carbocycles. The number of unbranched alkanes of at least 4 members (excludes halogenated alkanes) is 2. The van der Waals surface area contributed by atoms with Gasteiger partial charge in [0, 0.05) is 11.0 Å². The molecule has 4 fully saturated rings. The zero-order valence-electron chi connectivity index (χ0n) is 27.6. The monoisotopic (exact) mass is 584 g/mol. The van der Waals surface area contributed by atoms with Crippen LogP contribution in [0.1, 0.15) is 212 Å². The zero-order valence-corrected chi connectivity index (χ0v) is 27.6. The highest BCUT2D eigenvalue weighted by Gasteiger charge is 2.40. The molecule has 6 rings (SSSR count). The zero-order chi connectivity index (χ0) is 29.8. The Morgan fingerprint density at radius 3 is 1.35 bits per heavy atom. The Bertz CT molecular complexity index is 1160. The van der Waals surface area contributed by atoms with E-state index in [0.717, 1.165) is 38.5 Å². The molecular formula is C41H60O2. The number of benzene rings is 2. The molecule has 2 nitrogen and oxygen atoms in total. The highest BCUT2D eigenvalue weighted by Crippen LogP contribution is 2.54. The van der Waals surface area contributed by atoms with Crippen LogP contribution in [0.25, 0.3) is 0 Å². The molecule has 4 saturated carbocycles. The third kappa shape index (κ3) is 6.28. The Morgan fingerprint density at radius 1 is 0.535 bits per heavy atom. The van der Waals surface area contributed by atoms with Gasteiger partial charge in [-0.15, -0.1) is 0 Å². The number of hydrogen-bond acceptors (Lipinski definition) is 2. The predicted octanol–water partition coefficient (Wildman–Crippen LogP) is 12.4. The second-order valence-corrected chi connectivity index (χ2v) is 15.2. The SMILES string of the molecule is CCCCC(CCCC)(c1cc(C2CCCC2)c(O)c(C2CCCC2)c1)c1cc(C2CCCC2)cc(C2CCCC2)c1O. The van der Waals surface area contributed by atoms with Crippen molar-refractivity contribution in [1.82, 2.24) is 0 Å². The molecule has 0 unspecified atom stereocenters. The minimum atomic E-state index is -0.216. The van der Waals surface area contributed by atoms with Crippen molar-refractivity contribution in [3.63, 3.8) is 0 Å². The normalized spacial score (nSPS) is 21.1. The average molecular weight is 585 g/mol. The van der Waals surface area contributed by atoms with Gasteiger partial charge >= 0.3 is 0 Å². The molecule has 2 aromatic rings. The minimum Gasteiger partial charge on any atom is -0.507 e. The maximum atomic E-state index is 12.5. The van der Waals surface area contributed by atoms with Gasteiger partial charge in [0.1, 0.15) is 11.5 Å². The van der Waals surface area contributed by atoms with Crippen molar-refractivity contribution in [2.45, 2.75) is 184 Å². The Hall–Kier alpha value is -1.96. The van der Waals surface area contributed by atoms with Crippen LogP contribution in [0, 0.1) is 0 Å². The standard InChI is InChI=1S/C41H60O2/c1-3-5-23-41(24-6-4-2,34-27-36(31-19-11-12-20-31)39(42)37(28-34)32-21-13-14-22-32)38-26-33(29-15-7-8-16-29)25-35(40(38)43)30-17-9-10-18-30/h25-32,42-43H,3-24H2,1-2H3. The molecule has 0 aromatic heterocycles. The van der Waals surface area contributed by atoms with Crippen molar-refractivity contribution in [1.29, 1.82) is 0 Å². The second-order valence-electron chi connectivity index (χ2n) is 15.2. The lowest BCUT2D eigenvalue weighted by Crippen LogP contribution is -2.30. The van der Waals surface area contributed by atoms with Crippen molar-refractivity contribution >= 4 is 0 Å². The van der Waals surface area contributed by atoms with E-state index in [1.54, 1.807) is 0 Å². The average Bonchev–Trinajstić information content (AvgIpc) is 3.86. The molecule has 0 heterocycles. The van der Waals surface area contributed by atoms with Crippen molar-refractivity contribution in [2.75, 3.05) is 0 Å². The van der Waals surface area contributed by atoms with E-state index in [9.17, 15) is 10.2 Å². The van der Waals surface area contributed by atoms with Gasteiger partial charge in [-0.25, -0.2) is 0 Å². The fourth-order valence-electron chi connectivity index (χ4n) is 9.94. The van der Waals surface area contributed by atoms with E-state index < -0.39 is 0 Å². The summed E-state index contributed by atoms with van der Waals surface area (Å²) in [5.41, 5.74) is 7.67. The van der Waals surface area contributed by atoms with Crippen LogP contribution >= 0.6 is 0 Å². The van der Waals surface area contributed by atoms with E-state index in [1.807, 2.05) is 0 Å². The maximum Gasteiger partial charge on any atom is 0.123 e. The number of phenols is 2. The Labute approximate surface area is 263 Å². The van der Waals surface area contributed by atoms with Crippen LogP contribution in [0.3, 0.4) is 0 Å². The van der Waals surface area contributed by atoms with Crippen LogP contribution in [0.15, 0.2) is 24.3 Å². The summed E-state index contributed by atoms with van der Waals surface area (Å²) in [4.78, 5) is 0.